The van der Waals surface area contributed by atoms with Crippen molar-refractivity contribution in [2.45, 2.75) is 11.4 Å². The maximum absolute atomic E-state index is 13.5. The lowest BCUT2D eigenvalue weighted by Gasteiger charge is -2.09. The minimum absolute atomic E-state index is 0.147. The summed E-state index contributed by atoms with van der Waals surface area (Å²) in [6.07, 6.45) is 0. The minimum Gasteiger partial charge on any atom is -0.508 e. The van der Waals surface area contributed by atoms with Crippen molar-refractivity contribution in [3.05, 3.63) is 53.6 Å². The van der Waals surface area contributed by atoms with Gasteiger partial charge in [-0.25, -0.2) is 21.9 Å². The minimum atomic E-state index is -4.18. The topological polar surface area (TPSA) is 92.4 Å². The first-order valence-corrected chi connectivity index (χ1v) is 7.30. The Morgan fingerprint density at radius 3 is 2.52 bits per heavy atom. The quantitative estimate of drug-likeness (QED) is 0.592. The van der Waals surface area contributed by atoms with Gasteiger partial charge in [-0.3, -0.25) is 0 Å². The Kier molecular flexibility index (Phi) is 4.10. The zero-order valence-corrected chi connectivity index (χ0v) is 11.5. The van der Waals surface area contributed by atoms with Crippen LogP contribution in [0, 0.1) is 11.6 Å². The summed E-state index contributed by atoms with van der Waals surface area (Å²) in [5.74, 6) is -2.22. The van der Waals surface area contributed by atoms with E-state index in [9.17, 15) is 22.3 Å². The molecule has 0 fully saturated rings. The van der Waals surface area contributed by atoms with Crippen LogP contribution in [0.25, 0.3) is 0 Å². The fraction of sp³-hybridized carbons (Fsp3) is 0.0769. The van der Waals surface area contributed by atoms with Gasteiger partial charge in [-0.1, -0.05) is 0 Å². The third-order valence-electron chi connectivity index (χ3n) is 2.74. The van der Waals surface area contributed by atoms with E-state index in [0.717, 1.165) is 12.1 Å². The molecule has 0 unspecified atom stereocenters. The molecule has 5 nitrogen and oxygen atoms in total. The summed E-state index contributed by atoms with van der Waals surface area (Å²) in [6.45, 7) is -0.282. The molecule has 0 heterocycles. The molecule has 8 heteroatoms. The Labute approximate surface area is 120 Å². The van der Waals surface area contributed by atoms with Gasteiger partial charge >= 0.3 is 0 Å². The summed E-state index contributed by atoms with van der Waals surface area (Å²) < 4.78 is 52.3. The number of phenolic OH excluding ortho intramolecular Hbond substituents is 1. The fourth-order valence-corrected chi connectivity index (χ4v) is 2.75. The SMILES string of the molecule is Nc1ccc(O)c(CNS(=O)(=O)c2ccc(F)cc2F)c1. The van der Waals surface area contributed by atoms with Crippen LogP contribution in [0.5, 0.6) is 5.75 Å². The Balaban J connectivity index is 2.24. The van der Waals surface area contributed by atoms with Gasteiger partial charge in [-0.05, 0) is 30.3 Å². The van der Waals surface area contributed by atoms with E-state index in [0.29, 0.717) is 11.8 Å². The van der Waals surface area contributed by atoms with Crippen LogP contribution in [0.1, 0.15) is 5.56 Å². The number of hydrogen-bond acceptors (Lipinski definition) is 4. The smallest absolute Gasteiger partial charge is 0.243 e. The van der Waals surface area contributed by atoms with E-state index in [-0.39, 0.29) is 17.9 Å². The summed E-state index contributed by atoms with van der Waals surface area (Å²) in [4.78, 5) is -0.674. The molecule has 2 aromatic rings. The Bertz CT molecular complexity index is 779. The zero-order chi connectivity index (χ0) is 15.6. The summed E-state index contributed by atoms with van der Waals surface area (Å²) >= 11 is 0. The highest BCUT2D eigenvalue weighted by Gasteiger charge is 2.19. The van der Waals surface area contributed by atoms with Gasteiger partial charge in [0, 0.05) is 23.9 Å². The fourth-order valence-electron chi connectivity index (χ4n) is 1.69. The van der Waals surface area contributed by atoms with Crippen LogP contribution < -0.4 is 10.5 Å². The zero-order valence-electron chi connectivity index (χ0n) is 10.7. The van der Waals surface area contributed by atoms with Gasteiger partial charge in [0.2, 0.25) is 10.0 Å². The molecular formula is C13H12F2N2O3S. The van der Waals surface area contributed by atoms with Crippen LogP contribution in [0.2, 0.25) is 0 Å². The van der Waals surface area contributed by atoms with Crippen LogP contribution in [-0.4, -0.2) is 13.5 Å². The molecule has 0 atom stereocenters. The van der Waals surface area contributed by atoms with Gasteiger partial charge in [0.25, 0.3) is 0 Å². The maximum Gasteiger partial charge on any atom is 0.243 e. The number of hydrogen-bond donors (Lipinski definition) is 3. The van der Waals surface area contributed by atoms with Crippen molar-refractivity contribution in [1.82, 2.24) is 4.72 Å². The van der Waals surface area contributed by atoms with E-state index < -0.39 is 26.6 Å². The molecule has 0 bridgehead atoms. The first kappa shape index (κ1) is 15.2. The standard InChI is InChI=1S/C13H12F2N2O3S/c14-9-1-4-13(11(15)6-9)21(19,20)17-7-8-5-10(16)2-3-12(8)18/h1-6,17-18H,7,16H2. The van der Waals surface area contributed by atoms with Crippen LogP contribution in [0.15, 0.2) is 41.3 Å². The molecule has 0 saturated heterocycles. The molecule has 2 aromatic carbocycles. The molecule has 2 rings (SSSR count). The van der Waals surface area contributed by atoms with Gasteiger partial charge < -0.3 is 10.8 Å². The Hall–Kier alpha value is -2.19. The monoisotopic (exact) mass is 314 g/mol. The maximum atomic E-state index is 13.5. The molecule has 0 aliphatic heterocycles. The number of rotatable bonds is 4. The lowest BCUT2D eigenvalue weighted by atomic mass is 10.2. The Morgan fingerprint density at radius 2 is 1.86 bits per heavy atom. The van der Waals surface area contributed by atoms with Crippen molar-refractivity contribution in [3.8, 4) is 5.75 Å². The second-order valence-electron chi connectivity index (χ2n) is 4.29. The van der Waals surface area contributed by atoms with Crippen molar-refractivity contribution >= 4 is 15.7 Å². The molecule has 0 amide bonds. The predicted molar refractivity (Wildman–Crippen MR) is 72.9 cm³/mol. The molecule has 0 radical (unpaired) electrons. The van der Waals surface area contributed by atoms with Crippen molar-refractivity contribution in [1.29, 1.82) is 0 Å². The van der Waals surface area contributed by atoms with E-state index in [4.69, 9.17) is 5.73 Å². The van der Waals surface area contributed by atoms with Gasteiger partial charge in [-0.15, -0.1) is 0 Å². The Morgan fingerprint density at radius 1 is 1.14 bits per heavy atom. The van der Waals surface area contributed by atoms with Crippen molar-refractivity contribution in [2.75, 3.05) is 5.73 Å². The van der Waals surface area contributed by atoms with Gasteiger partial charge in [0.15, 0.2) is 0 Å². The average Bonchev–Trinajstić information content (AvgIpc) is 2.39. The molecular weight excluding hydrogens is 302 g/mol. The van der Waals surface area contributed by atoms with E-state index in [1.54, 1.807) is 0 Å². The number of nitrogen functional groups attached to an aromatic ring is 1. The normalized spacial score (nSPS) is 11.5. The molecule has 0 aliphatic carbocycles. The lowest BCUT2D eigenvalue weighted by molar-refractivity contribution is 0.467. The number of halogens is 2. The van der Waals surface area contributed by atoms with Crippen LogP contribution in [0.4, 0.5) is 14.5 Å². The molecule has 4 N–H and O–H groups in total. The summed E-state index contributed by atoms with van der Waals surface area (Å²) in [6, 6.07) is 6.30. The number of anilines is 1. The van der Waals surface area contributed by atoms with Gasteiger partial charge in [0.1, 0.15) is 22.3 Å². The molecule has 0 aromatic heterocycles. The highest BCUT2D eigenvalue weighted by Crippen LogP contribution is 2.21. The number of nitrogens with two attached hydrogens (primary N) is 1. The number of phenols is 1. The van der Waals surface area contributed by atoms with E-state index in [1.807, 2.05) is 0 Å². The highest BCUT2D eigenvalue weighted by molar-refractivity contribution is 7.89. The third-order valence-corrected chi connectivity index (χ3v) is 4.17. The van der Waals surface area contributed by atoms with E-state index in [1.165, 1.54) is 18.2 Å². The van der Waals surface area contributed by atoms with Crippen LogP contribution in [-0.2, 0) is 16.6 Å². The molecule has 0 aliphatic rings. The second-order valence-corrected chi connectivity index (χ2v) is 6.02. The third kappa shape index (κ3) is 3.47. The average molecular weight is 314 g/mol. The lowest BCUT2D eigenvalue weighted by Crippen LogP contribution is -2.24. The molecule has 21 heavy (non-hydrogen) atoms. The van der Waals surface area contributed by atoms with Gasteiger partial charge in [-0.2, -0.15) is 0 Å². The van der Waals surface area contributed by atoms with Crippen LogP contribution in [0.3, 0.4) is 0 Å². The van der Waals surface area contributed by atoms with Crippen molar-refractivity contribution in [2.24, 2.45) is 0 Å². The first-order valence-electron chi connectivity index (χ1n) is 5.82. The van der Waals surface area contributed by atoms with Gasteiger partial charge in [0.05, 0.1) is 0 Å². The van der Waals surface area contributed by atoms with Crippen molar-refractivity contribution in [3.63, 3.8) is 0 Å². The van der Waals surface area contributed by atoms with Crippen LogP contribution >= 0.6 is 0 Å². The molecule has 112 valence electrons. The first-order chi connectivity index (χ1) is 9.79. The number of aromatic hydroxyl groups is 1. The number of sulfonamides is 1. The molecule has 0 spiro atoms. The van der Waals surface area contributed by atoms with E-state index in [2.05, 4.69) is 4.72 Å². The largest absolute Gasteiger partial charge is 0.508 e. The predicted octanol–water partition coefficient (Wildman–Crippen LogP) is 1.73. The molecule has 0 saturated carbocycles. The van der Waals surface area contributed by atoms with Crippen molar-refractivity contribution < 1.29 is 22.3 Å². The second kappa shape index (κ2) is 5.66. The summed E-state index contributed by atoms with van der Waals surface area (Å²) in [5.41, 5.74) is 6.11. The van der Waals surface area contributed by atoms with E-state index >= 15 is 0 Å². The summed E-state index contributed by atoms with van der Waals surface area (Å²) in [7, 11) is -4.18. The number of benzene rings is 2. The number of nitrogens with one attached hydrogen (secondary N) is 1. The highest BCUT2D eigenvalue weighted by atomic mass is 32.2. The summed E-state index contributed by atoms with van der Waals surface area (Å²) in [5, 5.41) is 9.58.